The van der Waals surface area contributed by atoms with E-state index < -0.39 is 11.2 Å². The van der Waals surface area contributed by atoms with Crippen molar-refractivity contribution >= 4 is 12.0 Å². The Kier molecular flexibility index (Phi) is 4.58. The molecule has 0 radical (unpaired) electrons. The molecule has 0 fully saturated rings. The van der Waals surface area contributed by atoms with Gasteiger partial charge in [0.05, 0.1) is 11.9 Å². The molecule has 0 aliphatic rings. The van der Waals surface area contributed by atoms with Crippen LogP contribution in [0.2, 0.25) is 0 Å². The molecule has 4 aromatic rings. The molecule has 0 spiro atoms. The van der Waals surface area contributed by atoms with Gasteiger partial charge >= 0.3 is 5.69 Å². The number of aromatic nitrogens is 6. The number of aromatic amines is 2. The second-order valence-electron chi connectivity index (χ2n) is 5.68. The first-order chi connectivity index (χ1) is 13.7. The molecule has 4 rings (SSSR count). The number of hydrogen-bond donors (Lipinski definition) is 3. The Hall–Kier alpha value is -4.34. The highest BCUT2D eigenvalue weighted by Gasteiger charge is 2.11. The van der Waals surface area contributed by atoms with Crippen molar-refractivity contribution in [3.8, 4) is 16.9 Å². The third-order valence-corrected chi connectivity index (χ3v) is 3.78. The Balaban J connectivity index is 1.69. The Bertz CT molecular complexity index is 1230. The van der Waals surface area contributed by atoms with E-state index in [1.54, 1.807) is 17.1 Å². The van der Waals surface area contributed by atoms with E-state index in [1.165, 1.54) is 6.21 Å². The number of hydrazone groups is 1. The van der Waals surface area contributed by atoms with Crippen LogP contribution in [0.25, 0.3) is 16.9 Å². The normalized spacial score (nSPS) is 11.0. The van der Waals surface area contributed by atoms with E-state index in [2.05, 4.69) is 35.8 Å². The van der Waals surface area contributed by atoms with Crippen molar-refractivity contribution in [2.45, 2.75) is 0 Å². The van der Waals surface area contributed by atoms with Crippen molar-refractivity contribution in [1.29, 1.82) is 0 Å². The van der Waals surface area contributed by atoms with Gasteiger partial charge in [0.1, 0.15) is 5.69 Å². The van der Waals surface area contributed by atoms with Gasteiger partial charge in [-0.1, -0.05) is 18.2 Å². The summed E-state index contributed by atoms with van der Waals surface area (Å²) in [5.74, 6) is -0.130. The Morgan fingerprint density at radius 2 is 1.96 bits per heavy atom. The average molecular weight is 374 g/mol. The molecule has 0 atom stereocenters. The highest BCUT2D eigenvalue weighted by molar-refractivity contribution is 5.88. The first-order valence-electron chi connectivity index (χ1n) is 8.24. The summed E-state index contributed by atoms with van der Waals surface area (Å²) in [6, 6.07) is 13.3. The summed E-state index contributed by atoms with van der Waals surface area (Å²) in [4.78, 5) is 28.9. The van der Waals surface area contributed by atoms with Crippen LogP contribution in [0, 0.1) is 0 Å². The molecule has 3 heterocycles. The van der Waals surface area contributed by atoms with Crippen LogP contribution >= 0.6 is 0 Å². The molecule has 0 amide bonds. The topological polar surface area (TPSA) is 134 Å². The smallest absolute Gasteiger partial charge is 0.270 e. The summed E-state index contributed by atoms with van der Waals surface area (Å²) < 4.78 is 1.73. The van der Waals surface area contributed by atoms with Crippen molar-refractivity contribution in [3.05, 3.63) is 87.5 Å². The summed E-state index contributed by atoms with van der Waals surface area (Å²) in [5.41, 5.74) is 4.22. The molecular formula is C18H14N8O2. The standard InChI is InChI=1S/C18H14N8O2/c27-17-16(23-24-18(28)21-17)22-20-10-13-11-26(14-6-2-1-3-7-14)25-15(13)12-5-4-8-19-9-12/h1-11H,(H,22,23)(H2,21,24,27,28)/b20-10-. The Morgan fingerprint density at radius 1 is 1.11 bits per heavy atom. The molecule has 3 N–H and O–H groups in total. The molecule has 10 nitrogen and oxygen atoms in total. The van der Waals surface area contributed by atoms with Gasteiger partial charge in [-0.15, -0.1) is 5.10 Å². The third-order valence-electron chi connectivity index (χ3n) is 3.78. The zero-order valence-electron chi connectivity index (χ0n) is 14.4. The van der Waals surface area contributed by atoms with Crippen LogP contribution in [0.1, 0.15) is 5.56 Å². The number of benzene rings is 1. The minimum Gasteiger partial charge on any atom is -0.270 e. The van der Waals surface area contributed by atoms with Crippen molar-refractivity contribution in [1.82, 2.24) is 29.9 Å². The van der Waals surface area contributed by atoms with Gasteiger partial charge < -0.3 is 0 Å². The summed E-state index contributed by atoms with van der Waals surface area (Å²) in [7, 11) is 0. The fraction of sp³-hybridized carbons (Fsp3) is 0. The van der Waals surface area contributed by atoms with E-state index in [0.29, 0.717) is 11.3 Å². The molecule has 138 valence electrons. The van der Waals surface area contributed by atoms with Crippen molar-refractivity contribution in [2.24, 2.45) is 5.10 Å². The second-order valence-corrected chi connectivity index (χ2v) is 5.68. The van der Waals surface area contributed by atoms with Gasteiger partial charge in [0.2, 0.25) is 5.82 Å². The van der Waals surface area contributed by atoms with Crippen LogP contribution in [0.15, 0.2) is 75.7 Å². The lowest BCUT2D eigenvalue weighted by atomic mass is 10.1. The lowest BCUT2D eigenvalue weighted by Crippen LogP contribution is -2.25. The van der Waals surface area contributed by atoms with E-state index in [0.717, 1.165) is 11.3 Å². The number of nitrogens with one attached hydrogen (secondary N) is 3. The highest BCUT2D eigenvalue weighted by Crippen LogP contribution is 2.21. The van der Waals surface area contributed by atoms with Crippen LogP contribution < -0.4 is 16.7 Å². The molecule has 0 saturated carbocycles. The van der Waals surface area contributed by atoms with Gasteiger partial charge in [-0.05, 0) is 24.3 Å². The molecule has 1 aromatic carbocycles. The van der Waals surface area contributed by atoms with E-state index in [4.69, 9.17) is 0 Å². The third kappa shape index (κ3) is 3.60. The van der Waals surface area contributed by atoms with Crippen LogP contribution in [0.3, 0.4) is 0 Å². The SMILES string of the molecule is O=c1[nH]nc(N/N=C\c2cn(-c3ccccc3)nc2-c2cccnc2)c(=O)[nH]1. The largest absolute Gasteiger partial charge is 0.342 e. The minimum absolute atomic E-state index is 0.130. The molecular weight excluding hydrogens is 360 g/mol. The summed E-state index contributed by atoms with van der Waals surface area (Å²) in [6.07, 6.45) is 6.71. The number of hydrogen-bond acceptors (Lipinski definition) is 7. The maximum Gasteiger partial charge on any atom is 0.342 e. The molecule has 10 heteroatoms. The van der Waals surface area contributed by atoms with Gasteiger partial charge in [-0.3, -0.25) is 20.2 Å². The Labute approximate surface area is 157 Å². The zero-order chi connectivity index (χ0) is 19.3. The second kappa shape index (κ2) is 7.50. The maximum atomic E-state index is 11.7. The van der Waals surface area contributed by atoms with Crippen LogP contribution in [-0.2, 0) is 0 Å². The average Bonchev–Trinajstić information content (AvgIpc) is 3.15. The van der Waals surface area contributed by atoms with Gasteiger partial charge in [0.25, 0.3) is 5.56 Å². The van der Waals surface area contributed by atoms with Gasteiger partial charge in [0.15, 0.2) is 0 Å². The quantitative estimate of drug-likeness (QED) is 0.354. The summed E-state index contributed by atoms with van der Waals surface area (Å²) >= 11 is 0. The first-order valence-corrected chi connectivity index (χ1v) is 8.24. The first kappa shape index (κ1) is 17.1. The molecule has 28 heavy (non-hydrogen) atoms. The molecule has 0 aliphatic heterocycles. The molecule has 0 unspecified atom stereocenters. The van der Waals surface area contributed by atoms with Crippen LogP contribution in [0.5, 0.6) is 0 Å². The molecule has 0 bridgehead atoms. The Morgan fingerprint density at radius 3 is 2.71 bits per heavy atom. The lowest BCUT2D eigenvalue weighted by molar-refractivity contribution is 0.884. The van der Waals surface area contributed by atoms with Gasteiger partial charge in [-0.25, -0.2) is 14.6 Å². The number of nitrogens with zero attached hydrogens (tertiary/aromatic N) is 5. The zero-order valence-corrected chi connectivity index (χ0v) is 14.4. The fourth-order valence-electron chi connectivity index (χ4n) is 2.51. The number of rotatable bonds is 5. The van der Waals surface area contributed by atoms with E-state index >= 15 is 0 Å². The summed E-state index contributed by atoms with van der Waals surface area (Å²) in [6.45, 7) is 0. The number of pyridine rings is 1. The van der Waals surface area contributed by atoms with E-state index in [1.807, 2.05) is 48.7 Å². The number of H-pyrrole nitrogens is 2. The predicted octanol–water partition coefficient (Wildman–Crippen LogP) is 1.15. The minimum atomic E-state index is -0.692. The highest BCUT2D eigenvalue weighted by atomic mass is 16.2. The predicted molar refractivity (Wildman–Crippen MR) is 103 cm³/mol. The molecule has 0 aliphatic carbocycles. The number of anilines is 1. The molecule has 0 saturated heterocycles. The van der Waals surface area contributed by atoms with Crippen LogP contribution in [0.4, 0.5) is 5.82 Å². The summed E-state index contributed by atoms with van der Waals surface area (Å²) in [5, 5.41) is 14.4. The van der Waals surface area contributed by atoms with E-state index in [-0.39, 0.29) is 5.82 Å². The monoisotopic (exact) mass is 374 g/mol. The maximum absolute atomic E-state index is 11.7. The lowest BCUT2D eigenvalue weighted by Gasteiger charge is -1.99. The van der Waals surface area contributed by atoms with Crippen molar-refractivity contribution in [3.63, 3.8) is 0 Å². The van der Waals surface area contributed by atoms with Crippen molar-refractivity contribution < 1.29 is 0 Å². The van der Waals surface area contributed by atoms with E-state index in [9.17, 15) is 9.59 Å². The fourth-order valence-corrected chi connectivity index (χ4v) is 2.51. The van der Waals surface area contributed by atoms with Crippen LogP contribution in [-0.4, -0.2) is 36.2 Å². The molecule has 3 aromatic heterocycles. The van der Waals surface area contributed by atoms with Gasteiger partial charge in [0, 0.05) is 29.7 Å². The van der Waals surface area contributed by atoms with Gasteiger partial charge in [-0.2, -0.15) is 10.2 Å². The van der Waals surface area contributed by atoms with Crippen molar-refractivity contribution in [2.75, 3.05) is 5.43 Å². The number of para-hydroxylation sites is 1.